The van der Waals surface area contributed by atoms with E-state index in [0.29, 0.717) is 28.7 Å². The highest BCUT2D eigenvalue weighted by atomic mass is 32.2. The SMILES string of the molecule is CC[C@@H](C)NS(=O)(=O)c1ccc(NC(=O)CSc2nc(-c3ccccc3)nc3ccc(OC)cc23)cc1. The fraction of sp³-hybridized carbons (Fsp3) is 0.222. The first-order valence-electron chi connectivity index (χ1n) is 11.8. The zero-order chi connectivity index (χ0) is 26.4. The fourth-order valence-electron chi connectivity index (χ4n) is 3.50. The normalized spacial score (nSPS) is 12.3. The highest BCUT2D eigenvalue weighted by molar-refractivity contribution is 8.00. The van der Waals surface area contributed by atoms with Gasteiger partial charge in [0.15, 0.2) is 5.82 Å². The number of ether oxygens (including phenoxy) is 1. The number of amides is 1. The van der Waals surface area contributed by atoms with Gasteiger partial charge in [-0.3, -0.25) is 4.79 Å². The molecule has 0 bridgehead atoms. The van der Waals surface area contributed by atoms with Gasteiger partial charge >= 0.3 is 0 Å². The average Bonchev–Trinajstić information content (AvgIpc) is 2.91. The third-order valence-corrected chi connectivity index (χ3v) is 8.25. The first-order chi connectivity index (χ1) is 17.8. The Balaban J connectivity index is 1.50. The Bertz CT molecular complexity index is 1490. The molecule has 0 radical (unpaired) electrons. The molecule has 0 fully saturated rings. The molecule has 8 nitrogen and oxygen atoms in total. The molecule has 1 atom stereocenters. The van der Waals surface area contributed by atoms with Crippen LogP contribution < -0.4 is 14.8 Å². The van der Waals surface area contributed by atoms with Crippen molar-refractivity contribution in [1.82, 2.24) is 14.7 Å². The Kier molecular flexibility index (Phi) is 8.42. The van der Waals surface area contributed by atoms with Crippen LogP contribution in [0.5, 0.6) is 5.75 Å². The molecule has 0 saturated heterocycles. The van der Waals surface area contributed by atoms with E-state index in [-0.39, 0.29) is 22.6 Å². The molecular weight excluding hydrogens is 508 g/mol. The van der Waals surface area contributed by atoms with Crippen molar-refractivity contribution in [1.29, 1.82) is 0 Å². The number of thioether (sulfide) groups is 1. The molecule has 4 rings (SSSR count). The largest absolute Gasteiger partial charge is 0.497 e. The lowest BCUT2D eigenvalue weighted by Gasteiger charge is -2.13. The molecule has 4 aromatic rings. The summed E-state index contributed by atoms with van der Waals surface area (Å²) in [5, 5.41) is 4.27. The molecule has 1 heterocycles. The monoisotopic (exact) mass is 536 g/mol. The number of methoxy groups -OCH3 is 1. The van der Waals surface area contributed by atoms with Crippen molar-refractivity contribution in [3.63, 3.8) is 0 Å². The van der Waals surface area contributed by atoms with E-state index in [4.69, 9.17) is 14.7 Å². The second kappa shape index (κ2) is 11.7. The summed E-state index contributed by atoms with van der Waals surface area (Å²) in [5.41, 5.74) is 2.14. The summed E-state index contributed by atoms with van der Waals surface area (Å²) in [5.74, 6) is 1.11. The number of aromatic nitrogens is 2. The number of nitrogens with one attached hydrogen (secondary N) is 2. The van der Waals surface area contributed by atoms with Gasteiger partial charge in [-0.25, -0.2) is 23.1 Å². The van der Waals surface area contributed by atoms with Crippen LogP contribution in [0.15, 0.2) is 82.7 Å². The third kappa shape index (κ3) is 6.65. The lowest BCUT2D eigenvalue weighted by atomic mass is 10.2. The minimum absolute atomic E-state index is 0.104. The van der Waals surface area contributed by atoms with Crippen LogP contribution in [-0.2, 0) is 14.8 Å². The minimum atomic E-state index is -3.61. The van der Waals surface area contributed by atoms with Crippen molar-refractivity contribution in [2.45, 2.75) is 36.2 Å². The summed E-state index contributed by atoms with van der Waals surface area (Å²) in [6, 6.07) is 21.2. The minimum Gasteiger partial charge on any atom is -0.497 e. The number of nitrogens with zero attached hydrogens (tertiary/aromatic N) is 2. The van der Waals surface area contributed by atoms with E-state index in [1.165, 1.54) is 23.9 Å². The van der Waals surface area contributed by atoms with E-state index >= 15 is 0 Å². The Morgan fingerprint density at radius 1 is 1.03 bits per heavy atom. The molecule has 0 aliphatic heterocycles. The number of hydrogen-bond acceptors (Lipinski definition) is 7. The van der Waals surface area contributed by atoms with E-state index in [9.17, 15) is 13.2 Å². The maximum Gasteiger partial charge on any atom is 0.240 e. The third-order valence-electron chi connectivity index (χ3n) is 5.66. The first kappa shape index (κ1) is 26.6. The summed E-state index contributed by atoms with van der Waals surface area (Å²) in [7, 11) is -2.01. The summed E-state index contributed by atoms with van der Waals surface area (Å²) < 4.78 is 32.9. The van der Waals surface area contributed by atoms with Crippen LogP contribution in [0.1, 0.15) is 20.3 Å². The summed E-state index contributed by atoms with van der Waals surface area (Å²) in [4.78, 5) is 22.3. The van der Waals surface area contributed by atoms with Crippen molar-refractivity contribution in [3.8, 4) is 17.1 Å². The molecule has 0 spiro atoms. The zero-order valence-electron chi connectivity index (χ0n) is 20.8. The second-order valence-corrected chi connectivity index (χ2v) is 11.1. The lowest BCUT2D eigenvalue weighted by molar-refractivity contribution is -0.113. The van der Waals surface area contributed by atoms with Crippen molar-refractivity contribution in [2.24, 2.45) is 0 Å². The molecular formula is C27H28N4O4S2. The predicted molar refractivity (Wildman–Crippen MR) is 147 cm³/mol. The van der Waals surface area contributed by atoms with E-state index in [1.807, 2.05) is 62.4 Å². The quantitative estimate of drug-likeness (QED) is 0.214. The molecule has 1 aromatic heterocycles. The summed E-state index contributed by atoms with van der Waals surface area (Å²) in [6.45, 7) is 3.72. The van der Waals surface area contributed by atoms with Crippen LogP contribution >= 0.6 is 11.8 Å². The smallest absolute Gasteiger partial charge is 0.240 e. The highest BCUT2D eigenvalue weighted by Crippen LogP contribution is 2.31. The van der Waals surface area contributed by atoms with Gasteiger partial charge in [0.1, 0.15) is 10.8 Å². The van der Waals surface area contributed by atoms with Gasteiger partial charge in [-0.05, 0) is 55.8 Å². The van der Waals surface area contributed by atoms with Crippen LogP contribution in [0.2, 0.25) is 0 Å². The Hall–Kier alpha value is -3.47. The first-order valence-corrected chi connectivity index (χ1v) is 14.2. The standard InChI is InChI=1S/C27H28N4O4S2/c1-4-18(2)31-37(33,34)22-13-10-20(11-14-22)28-25(32)17-36-27-23-16-21(35-3)12-15-24(23)29-26(30-27)19-8-6-5-7-9-19/h5-16,18,31H,4,17H2,1-3H3,(H,28,32)/t18-/m1/s1. The molecule has 192 valence electrons. The van der Waals surface area contributed by atoms with Gasteiger partial charge in [-0.15, -0.1) is 0 Å². The number of sulfonamides is 1. The summed E-state index contributed by atoms with van der Waals surface area (Å²) in [6.07, 6.45) is 0.687. The van der Waals surface area contributed by atoms with Gasteiger partial charge < -0.3 is 10.1 Å². The van der Waals surface area contributed by atoms with Crippen LogP contribution in [0.3, 0.4) is 0 Å². The molecule has 37 heavy (non-hydrogen) atoms. The lowest BCUT2D eigenvalue weighted by Crippen LogP contribution is -2.31. The van der Waals surface area contributed by atoms with E-state index in [1.54, 1.807) is 19.2 Å². The number of anilines is 1. The molecule has 10 heteroatoms. The van der Waals surface area contributed by atoms with Crippen molar-refractivity contribution in [2.75, 3.05) is 18.2 Å². The van der Waals surface area contributed by atoms with Crippen LogP contribution in [-0.4, -0.2) is 43.2 Å². The van der Waals surface area contributed by atoms with Crippen LogP contribution in [0.4, 0.5) is 5.69 Å². The topological polar surface area (TPSA) is 110 Å². The van der Waals surface area contributed by atoms with E-state index in [0.717, 1.165) is 16.5 Å². The van der Waals surface area contributed by atoms with Crippen LogP contribution in [0, 0.1) is 0 Å². The molecule has 0 aliphatic carbocycles. The zero-order valence-corrected chi connectivity index (χ0v) is 22.4. The molecule has 0 saturated carbocycles. The van der Waals surface area contributed by atoms with Crippen molar-refractivity contribution < 1.29 is 17.9 Å². The van der Waals surface area contributed by atoms with Gasteiger partial charge in [0.25, 0.3) is 0 Å². The summed E-state index contributed by atoms with van der Waals surface area (Å²) >= 11 is 1.30. The maximum atomic E-state index is 12.7. The number of rotatable bonds is 10. The Morgan fingerprint density at radius 3 is 2.43 bits per heavy atom. The van der Waals surface area contributed by atoms with Gasteiger partial charge in [0.2, 0.25) is 15.9 Å². The van der Waals surface area contributed by atoms with Gasteiger partial charge in [-0.2, -0.15) is 0 Å². The average molecular weight is 537 g/mol. The Labute approximate surface area is 220 Å². The molecule has 0 aliphatic rings. The van der Waals surface area contributed by atoms with E-state index in [2.05, 4.69) is 10.0 Å². The molecule has 0 unspecified atom stereocenters. The maximum absolute atomic E-state index is 12.7. The fourth-order valence-corrected chi connectivity index (χ4v) is 5.63. The second-order valence-electron chi connectivity index (χ2n) is 8.39. The Morgan fingerprint density at radius 2 is 1.76 bits per heavy atom. The van der Waals surface area contributed by atoms with Crippen LogP contribution in [0.25, 0.3) is 22.3 Å². The number of carbonyl (C=O) groups is 1. The molecule has 2 N–H and O–H groups in total. The number of carbonyl (C=O) groups excluding carboxylic acids is 1. The van der Waals surface area contributed by atoms with Crippen molar-refractivity contribution >= 4 is 44.3 Å². The number of hydrogen-bond donors (Lipinski definition) is 2. The predicted octanol–water partition coefficient (Wildman–Crippen LogP) is 5.11. The number of benzene rings is 3. The highest BCUT2D eigenvalue weighted by Gasteiger charge is 2.17. The number of fused-ring (bicyclic) bond motifs is 1. The molecule has 1 amide bonds. The van der Waals surface area contributed by atoms with Gasteiger partial charge in [0.05, 0.1) is 23.3 Å². The van der Waals surface area contributed by atoms with Gasteiger partial charge in [0, 0.05) is 22.7 Å². The van der Waals surface area contributed by atoms with E-state index < -0.39 is 10.0 Å². The molecule has 3 aromatic carbocycles. The van der Waals surface area contributed by atoms with Crippen molar-refractivity contribution in [3.05, 3.63) is 72.8 Å². The van der Waals surface area contributed by atoms with Gasteiger partial charge in [-0.1, -0.05) is 49.0 Å².